The van der Waals surface area contributed by atoms with E-state index in [4.69, 9.17) is 15.7 Å². The van der Waals surface area contributed by atoms with Crippen LogP contribution in [0.3, 0.4) is 0 Å². The number of hydrogen-bond donors (Lipinski definition) is 2. The maximum atomic E-state index is 12.0. The van der Waals surface area contributed by atoms with Gasteiger partial charge in [-0.05, 0) is 42.5 Å². The van der Waals surface area contributed by atoms with Crippen LogP contribution in [0.15, 0.2) is 42.5 Å². The Hall–Kier alpha value is -3.00. The Morgan fingerprint density at radius 2 is 1.95 bits per heavy atom. The van der Waals surface area contributed by atoms with Gasteiger partial charge in [0.2, 0.25) is 0 Å². The molecule has 2 aromatic rings. The maximum absolute atomic E-state index is 12.0. The predicted octanol–water partition coefficient (Wildman–Crippen LogP) is 2.40. The van der Waals surface area contributed by atoms with Crippen LogP contribution in [0.2, 0.25) is 0 Å². The molecule has 5 nitrogen and oxygen atoms in total. The summed E-state index contributed by atoms with van der Waals surface area (Å²) in [4.78, 5) is 12.0. The number of rotatable bonds is 3. The Bertz CT molecular complexity index is 673. The van der Waals surface area contributed by atoms with Gasteiger partial charge in [-0.1, -0.05) is 0 Å². The van der Waals surface area contributed by atoms with E-state index < -0.39 is 0 Å². The summed E-state index contributed by atoms with van der Waals surface area (Å²) in [6.07, 6.45) is 0. The highest BCUT2D eigenvalue weighted by Crippen LogP contribution is 2.21. The zero-order chi connectivity index (χ0) is 14.5. The average molecular weight is 267 g/mol. The third-order valence-electron chi connectivity index (χ3n) is 2.78. The molecule has 20 heavy (non-hydrogen) atoms. The van der Waals surface area contributed by atoms with Gasteiger partial charge in [-0.15, -0.1) is 0 Å². The Morgan fingerprint density at radius 1 is 1.25 bits per heavy atom. The van der Waals surface area contributed by atoms with Crippen molar-refractivity contribution < 1.29 is 9.53 Å². The van der Waals surface area contributed by atoms with Crippen molar-refractivity contribution in [3.05, 3.63) is 53.6 Å². The summed E-state index contributed by atoms with van der Waals surface area (Å²) < 4.78 is 5.03. The summed E-state index contributed by atoms with van der Waals surface area (Å²) in [5.41, 5.74) is 7.56. The first-order chi connectivity index (χ1) is 9.63. The zero-order valence-corrected chi connectivity index (χ0v) is 10.9. The number of nitrogens with two attached hydrogens (primary N) is 1. The first-order valence-corrected chi connectivity index (χ1v) is 5.89. The fourth-order valence-electron chi connectivity index (χ4n) is 1.68. The van der Waals surface area contributed by atoms with Crippen molar-refractivity contribution in [1.82, 2.24) is 0 Å². The third kappa shape index (κ3) is 2.87. The maximum Gasteiger partial charge on any atom is 0.255 e. The van der Waals surface area contributed by atoms with Gasteiger partial charge in [0.05, 0.1) is 30.1 Å². The molecule has 2 aromatic carbocycles. The molecule has 0 saturated carbocycles. The van der Waals surface area contributed by atoms with Crippen molar-refractivity contribution in [1.29, 1.82) is 5.26 Å². The lowest BCUT2D eigenvalue weighted by Gasteiger charge is -2.08. The average Bonchev–Trinajstić information content (AvgIpc) is 2.49. The standard InChI is InChI=1S/C15H13N3O2/c1-20-12-5-3-11(4-6-12)15(19)18-14-7-2-10(9-16)8-13(14)17/h2-8H,17H2,1H3,(H,18,19). The summed E-state index contributed by atoms with van der Waals surface area (Å²) in [7, 11) is 1.56. The highest BCUT2D eigenvalue weighted by atomic mass is 16.5. The van der Waals surface area contributed by atoms with E-state index in [-0.39, 0.29) is 5.91 Å². The number of nitrogens with one attached hydrogen (secondary N) is 1. The van der Waals surface area contributed by atoms with Crippen molar-refractivity contribution in [2.45, 2.75) is 0 Å². The van der Waals surface area contributed by atoms with E-state index in [1.165, 1.54) is 6.07 Å². The van der Waals surface area contributed by atoms with Gasteiger partial charge in [-0.3, -0.25) is 4.79 Å². The summed E-state index contributed by atoms with van der Waals surface area (Å²) in [5.74, 6) is 0.406. The van der Waals surface area contributed by atoms with Crippen LogP contribution in [0.1, 0.15) is 15.9 Å². The topological polar surface area (TPSA) is 88.1 Å². The molecular weight excluding hydrogens is 254 g/mol. The normalized spacial score (nSPS) is 9.60. The number of ether oxygens (including phenoxy) is 1. The number of carbonyl (C=O) groups is 1. The van der Waals surface area contributed by atoms with E-state index in [0.717, 1.165) is 0 Å². The van der Waals surface area contributed by atoms with Gasteiger partial charge < -0.3 is 15.8 Å². The molecule has 0 fully saturated rings. The molecule has 0 aliphatic carbocycles. The number of benzene rings is 2. The minimum Gasteiger partial charge on any atom is -0.497 e. The van der Waals surface area contributed by atoms with Crippen LogP contribution in [0.25, 0.3) is 0 Å². The molecule has 0 bridgehead atoms. The van der Waals surface area contributed by atoms with Crippen LogP contribution in [-0.4, -0.2) is 13.0 Å². The van der Waals surface area contributed by atoms with Crippen molar-refractivity contribution in [2.24, 2.45) is 0 Å². The van der Waals surface area contributed by atoms with Crippen LogP contribution in [0.4, 0.5) is 11.4 Å². The summed E-state index contributed by atoms with van der Waals surface area (Å²) in [6, 6.07) is 13.4. The number of nitriles is 1. The van der Waals surface area contributed by atoms with E-state index in [2.05, 4.69) is 5.32 Å². The number of anilines is 2. The molecule has 0 atom stereocenters. The number of hydrogen-bond acceptors (Lipinski definition) is 4. The second kappa shape index (κ2) is 5.76. The number of carbonyl (C=O) groups excluding carboxylic acids is 1. The smallest absolute Gasteiger partial charge is 0.255 e. The van der Waals surface area contributed by atoms with Crippen LogP contribution >= 0.6 is 0 Å². The molecule has 5 heteroatoms. The predicted molar refractivity (Wildman–Crippen MR) is 76.5 cm³/mol. The first-order valence-electron chi connectivity index (χ1n) is 5.89. The number of methoxy groups -OCH3 is 1. The van der Waals surface area contributed by atoms with Gasteiger partial charge in [0.1, 0.15) is 5.75 Å². The lowest BCUT2D eigenvalue weighted by Crippen LogP contribution is -2.13. The van der Waals surface area contributed by atoms with Crippen molar-refractivity contribution in [3.8, 4) is 11.8 Å². The van der Waals surface area contributed by atoms with Gasteiger partial charge in [-0.2, -0.15) is 5.26 Å². The third-order valence-corrected chi connectivity index (χ3v) is 2.78. The fraction of sp³-hybridized carbons (Fsp3) is 0.0667. The number of nitrogens with zero attached hydrogens (tertiary/aromatic N) is 1. The van der Waals surface area contributed by atoms with Gasteiger partial charge in [0.15, 0.2) is 0 Å². The highest BCUT2D eigenvalue weighted by Gasteiger charge is 2.08. The van der Waals surface area contributed by atoms with E-state index >= 15 is 0 Å². The van der Waals surface area contributed by atoms with E-state index in [9.17, 15) is 4.79 Å². The molecule has 3 N–H and O–H groups in total. The highest BCUT2D eigenvalue weighted by molar-refractivity contribution is 6.05. The minimum atomic E-state index is -0.274. The lowest BCUT2D eigenvalue weighted by molar-refractivity contribution is 0.102. The van der Waals surface area contributed by atoms with Crippen LogP contribution in [-0.2, 0) is 0 Å². The van der Waals surface area contributed by atoms with Gasteiger partial charge in [-0.25, -0.2) is 0 Å². The van der Waals surface area contributed by atoms with Gasteiger partial charge in [0, 0.05) is 5.56 Å². The van der Waals surface area contributed by atoms with E-state index in [1.807, 2.05) is 6.07 Å². The molecule has 0 heterocycles. The summed E-state index contributed by atoms with van der Waals surface area (Å²) in [6.45, 7) is 0. The Kier molecular flexibility index (Phi) is 3.87. The molecule has 0 saturated heterocycles. The molecular formula is C15H13N3O2. The molecule has 100 valence electrons. The molecule has 1 amide bonds. The van der Waals surface area contributed by atoms with Crippen molar-refractivity contribution in [3.63, 3.8) is 0 Å². The Balaban J connectivity index is 2.17. The molecule has 0 aromatic heterocycles. The van der Waals surface area contributed by atoms with E-state index in [1.54, 1.807) is 43.5 Å². The quantitative estimate of drug-likeness (QED) is 0.836. The number of nitrogen functional groups attached to an aromatic ring is 1. The second-order valence-electron chi connectivity index (χ2n) is 4.10. The second-order valence-corrected chi connectivity index (χ2v) is 4.10. The lowest BCUT2D eigenvalue weighted by atomic mass is 10.1. The van der Waals surface area contributed by atoms with Gasteiger partial charge >= 0.3 is 0 Å². The largest absolute Gasteiger partial charge is 0.497 e. The van der Waals surface area contributed by atoms with Crippen molar-refractivity contribution in [2.75, 3.05) is 18.2 Å². The van der Waals surface area contributed by atoms with Gasteiger partial charge in [0.25, 0.3) is 5.91 Å². The van der Waals surface area contributed by atoms with Crippen LogP contribution < -0.4 is 15.8 Å². The van der Waals surface area contributed by atoms with E-state index in [0.29, 0.717) is 28.3 Å². The molecule has 0 spiro atoms. The fourth-order valence-corrected chi connectivity index (χ4v) is 1.68. The SMILES string of the molecule is COc1ccc(C(=O)Nc2ccc(C#N)cc2N)cc1. The molecule has 0 aliphatic heterocycles. The van der Waals surface area contributed by atoms with Crippen LogP contribution in [0, 0.1) is 11.3 Å². The Morgan fingerprint density at radius 3 is 2.50 bits per heavy atom. The summed E-state index contributed by atoms with van der Waals surface area (Å²) in [5, 5.41) is 11.5. The zero-order valence-electron chi connectivity index (χ0n) is 10.9. The number of amides is 1. The Labute approximate surface area is 116 Å². The monoisotopic (exact) mass is 267 g/mol. The molecule has 0 radical (unpaired) electrons. The molecule has 0 unspecified atom stereocenters. The minimum absolute atomic E-state index is 0.274. The first kappa shape index (κ1) is 13.4. The molecule has 0 aliphatic rings. The summed E-state index contributed by atoms with van der Waals surface area (Å²) >= 11 is 0. The van der Waals surface area contributed by atoms with Crippen molar-refractivity contribution >= 4 is 17.3 Å². The molecule has 2 rings (SSSR count). The van der Waals surface area contributed by atoms with Crippen LogP contribution in [0.5, 0.6) is 5.75 Å².